The summed E-state index contributed by atoms with van der Waals surface area (Å²) in [7, 11) is 0. The Labute approximate surface area is 73.3 Å². The number of hydrogen-bond donors (Lipinski definition) is 1. The van der Waals surface area contributed by atoms with Crippen molar-refractivity contribution in [2.45, 2.75) is 32.7 Å². The molecule has 0 bridgehead atoms. The zero-order valence-electron chi connectivity index (χ0n) is 7.92. The fraction of sp³-hybridized carbons (Fsp3) is 0.778. The van der Waals surface area contributed by atoms with Gasteiger partial charge >= 0.3 is 0 Å². The van der Waals surface area contributed by atoms with Gasteiger partial charge in [-0.25, -0.2) is 0 Å². The van der Waals surface area contributed by atoms with E-state index in [0.29, 0.717) is 5.92 Å². The van der Waals surface area contributed by atoms with Crippen LogP contribution in [0.25, 0.3) is 0 Å². The minimum atomic E-state index is -0.496. The number of nitrogens with one attached hydrogen (secondary N) is 1. The quantitative estimate of drug-likeness (QED) is 0.614. The van der Waals surface area contributed by atoms with Gasteiger partial charge in [0.15, 0.2) is 0 Å². The lowest BCUT2D eigenvalue weighted by Gasteiger charge is -2.14. The Bertz CT molecular complexity index is 211. The number of nitrogens with zero attached hydrogens (tertiary/aromatic N) is 1. The van der Waals surface area contributed by atoms with Crippen LogP contribution in [0.2, 0.25) is 0 Å². The van der Waals surface area contributed by atoms with E-state index in [1.165, 1.54) is 0 Å². The van der Waals surface area contributed by atoms with Crippen molar-refractivity contribution in [1.82, 2.24) is 5.32 Å². The number of amides is 1. The zero-order chi connectivity index (χ0) is 9.19. The van der Waals surface area contributed by atoms with E-state index in [1.54, 1.807) is 0 Å². The molecule has 1 amide bonds. The van der Waals surface area contributed by atoms with Gasteiger partial charge in [0, 0.05) is 12.8 Å². The topological polar surface area (TPSA) is 41.5 Å². The van der Waals surface area contributed by atoms with Gasteiger partial charge in [0.05, 0.1) is 0 Å². The molecule has 0 radical (unpaired) electrons. The summed E-state index contributed by atoms with van der Waals surface area (Å²) in [6.45, 7) is 6.75. The van der Waals surface area contributed by atoms with Gasteiger partial charge in [0.2, 0.25) is 5.91 Å². The predicted molar refractivity (Wildman–Crippen MR) is 49.4 cm³/mol. The van der Waals surface area contributed by atoms with E-state index in [9.17, 15) is 4.79 Å². The molecule has 0 aromatic heterocycles. The molecule has 1 fully saturated rings. The van der Waals surface area contributed by atoms with Gasteiger partial charge in [-0.2, -0.15) is 0 Å². The predicted octanol–water partition coefficient (Wildman–Crippen LogP) is 0.992. The number of aliphatic imine (C=N–C) groups is 1. The van der Waals surface area contributed by atoms with Gasteiger partial charge in [-0.15, -0.1) is 0 Å². The van der Waals surface area contributed by atoms with Crippen LogP contribution in [0.5, 0.6) is 0 Å². The zero-order valence-corrected chi connectivity index (χ0v) is 7.92. The summed E-state index contributed by atoms with van der Waals surface area (Å²) in [5, 5.41) is 2.78. The summed E-state index contributed by atoms with van der Waals surface area (Å²) in [5.74, 6) is 0.467. The van der Waals surface area contributed by atoms with Gasteiger partial charge in [-0.05, 0) is 19.3 Å². The van der Waals surface area contributed by atoms with Crippen LogP contribution in [0.4, 0.5) is 0 Å². The van der Waals surface area contributed by atoms with Crippen molar-refractivity contribution in [2.75, 3.05) is 6.54 Å². The third kappa shape index (κ3) is 1.84. The minimum absolute atomic E-state index is 0.0550. The van der Waals surface area contributed by atoms with Crippen molar-refractivity contribution >= 4 is 12.1 Å². The molecule has 1 saturated heterocycles. The lowest BCUT2D eigenvalue weighted by Crippen LogP contribution is -2.33. The van der Waals surface area contributed by atoms with E-state index in [4.69, 9.17) is 0 Å². The highest BCUT2D eigenvalue weighted by molar-refractivity contribution is 5.89. The number of carbonyl (C=O) groups excluding carboxylic acids is 1. The largest absolute Gasteiger partial charge is 0.354 e. The van der Waals surface area contributed by atoms with Gasteiger partial charge in [-0.3, -0.25) is 9.79 Å². The second-order valence-corrected chi connectivity index (χ2v) is 3.80. The number of rotatable bonds is 2. The minimum Gasteiger partial charge on any atom is -0.354 e. The Morgan fingerprint density at radius 3 is 2.75 bits per heavy atom. The molecule has 1 atom stereocenters. The summed E-state index contributed by atoms with van der Waals surface area (Å²) in [6.07, 6.45) is 2.67. The maximum atomic E-state index is 11.3. The monoisotopic (exact) mass is 168 g/mol. The summed E-state index contributed by atoms with van der Waals surface area (Å²) in [5.41, 5.74) is -0.496. The fourth-order valence-electron chi connectivity index (χ4n) is 1.16. The van der Waals surface area contributed by atoms with Crippen molar-refractivity contribution in [3.63, 3.8) is 0 Å². The highest BCUT2D eigenvalue weighted by atomic mass is 16.2. The normalized spacial score (nSPS) is 30.2. The van der Waals surface area contributed by atoms with E-state index in [-0.39, 0.29) is 5.91 Å². The highest BCUT2D eigenvalue weighted by Gasteiger charge is 2.36. The molecule has 0 unspecified atom stereocenters. The van der Waals surface area contributed by atoms with Crippen LogP contribution in [-0.2, 0) is 4.79 Å². The Kier molecular flexibility index (Phi) is 2.50. The first-order chi connectivity index (χ1) is 5.54. The molecule has 0 saturated carbocycles. The smallest absolute Gasteiger partial charge is 0.247 e. The number of carbonyl (C=O) groups is 1. The molecule has 3 nitrogen and oxygen atoms in total. The van der Waals surface area contributed by atoms with Crippen molar-refractivity contribution in [3.8, 4) is 0 Å². The van der Waals surface area contributed by atoms with Crippen LogP contribution in [0.3, 0.4) is 0 Å². The molecule has 1 heterocycles. The molecule has 0 aromatic rings. The number of hydrogen-bond acceptors (Lipinski definition) is 2. The van der Waals surface area contributed by atoms with Crippen LogP contribution in [0, 0.1) is 5.92 Å². The Morgan fingerprint density at radius 1 is 1.67 bits per heavy atom. The average molecular weight is 168 g/mol. The van der Waals surface area contributed by atoms with Gasteiger partial charge in [-0.1, -0.05) is 13.8 Å². The molecule has 1 N–H and O–H groups in total. The maximum Gasteiger partial charge on any atom is 0.247 e. The summed E-state index contributed by atoms with van der Waals surface area (Å²) in [6, 6.07) is 0. The Balaban J connectivity index is 2.65. The maximum absolute atomic E-state index is 11.3. The van der Waals surface area contributed by atoms with Crippen molar-refractivity contribution in [2.24, 2.45) is 10.9 Å². The van der Waals surface area contributed by atoms with E-state index in [1.807, 2.05) is 13.1 Å². The first-order valence-corrected chi connectivity index (χ1v) is 4.38. The molecule has 68 valence electrons. The Hall–Kier alpha value is -0.860. The summed E-state index contributed by atoms with van der Waals surface area (Å²) < 4.78 is 0. The standard InChI is InChI=1S/C9H16N2O/c1-7(2)6-11-9(3)4-5-10-8(9)12/h6-7H,4-5H2,1-3H3,(H,10,12)/t9-/m1/s1. The van der Waals surface area contributed by atoms with E-state index >= 15 is 0 Å². The molecular formula is C9H16N2O. The lowest BCUT2D eigenvalue weighted by atomic mass is 10.0. The highest BCUT2D eigenvalue weighted by Crippen LogP contribution is 2.19. The first-order valence-electron chi connectivity index (χ1n) is 4.38. The van der Waals surface area contributed by atoms with Gasteiger partial charge in [0.25, 0.3) is 0 Å². The van der Waals surface area contributed by atoms with E-state index in [2.05, 4.69) is 24.2 Å². The van der Waals surface area contributed by atoms with E-state index < -0.39 is 5.54 Å². The second kappa shape index (κ2) is 3.25. The Morgan fingerprint density at radius 2 is 2.33 bits per heavy atom. The van der Waals surface area contributed by atoms with Crippen LogP contribution < -0.4 is 5.32 Å². The molecule has 0 aliphatic carbocycles. The third-order valence-electron chi connectivity index (χ3n) is 2.04. The van der Waals surface area contributed by atoms with Crippen LogP contribution in [0.1, 0.15) is 27.2 Å². The molecule has 3 heteroatoms. The van der Waals surface area contributed by atoms with Gasteiger partial charge in [0.1, 0.15) is 5.54 Å². The van der Waals surface area contributed by atoms with Crippen molar-refractivity contribution in [1.29, 1.82) is 0 Å². The summed E-state index contributed by atoms with van der Waals surface area (Å²) >= 11 is 0. The molecule has 1 aliphatic heterocycles. The molecule has 1 aliphatic rings. The second-order valence-electron chi connectivity index (χ2n) is 3.80. The molecule has 1 rings (SSSR count). The fourth-order valence-corrected chi connectivity index (χ4v) is 1.16. The van der Waals surface area contributed by atoms with Gasteiger partial charge < -0.3 is 5.32 Å². The van der Waals surface area contributed by atoms with Crippen LogP contribution in [0.15, 0.2) is 4.99 Å². The third-order valence-corrected chi connectivity index (χ3v) is 2.04. The van der Waals surface area contributed by atoms with Crippen LogP contribution in [-0.4, -0.2) is 24.2 Å². The summed E-state index contributed by atoms with van der Waals surface area (Å²) in [4.78, 5) is 15.6. The first kappa shape index (κ1) is 9.23. The molecular weight excluding hydrogens is 152 g/mol. The molecule has 12 heavy (non-hydrogen) atoms. The van der Waals surface area contributed by atoms with Crippen LogP contribution >= 0.6 is 0 Å². The van der Waals surface area contributed by atoms with Crippen molar-refractivity contribution < 1.29 is 4.79 Å². The van der Waals surface area contributed by atoms with E-state index in [0.717, 1.165) is 13.0 Å². The SMILES string of the molecule is CC(C)C=N[C@]1(C)CCNC1=O. The van der Waals surface area contributed by atoms with Crippen molar-refractivity contribution in [3.05, 3.63) is 0 Å². The molecule has 0 aromatic carbocycles. The lowest BCUT2D eigenvalue weighted by molar-refractivity contribution is -0.122. The molecule has 0 spiro atoms. The average Bonchev–Trinajstić information content (AvgIpc) is 2.30.